The van der Waals surface area contributed by atoms with E-state index in [0.717, 1.165) is 17.9 Å². The number of aryl methyl sites for hydroxylation is 1. The molecule has 4 nitrogen and oxygen atoms in total. The minimum absolute atomic E-state index is 0.0823. The summed E-state index contributed by atoms with van der Waals surface area (Å²) >= 11 is 0. The molecule has 17 heavy (non-hydrogen) atoms. The Morgan fingerprint density at radius 1 is 1.47 bits per heavy atom. The molecule has 0 amide bonds. The zero-order valence-corrected chi connectivity index (χ0v) is 11.2. The Morgan fingerprint density at radius 2 is 2.12 bits per heavy atom. The molecule has 0 aliphatic heterocycles. The molecule has 96 valence electrons. The Hall–Kier alpha value is -1.29. The van der Waals surface area contributed by atoms with Crippen molar-refractivity contribution in [2.45, 2.75) is 26.3 Å². The summed E-state index contributed by atoms with van der Waals surface area (Å²) in [7, 11) is 5.30. The van der Waals surface area contributed by atoms with Crippen molar-refractivity contribution < 1.29 is 13.9 Å². The van der Waals surface area contributed by atoms with Crippen LogP contribution in [0, 0.1) is 12.8 Å². The van der Waals surface area contributed by atoms with Gasteiger partial charge in [0.15, 0.2) is 0 Å². The molecule has 0 aliphatic rings. The first-order valence-corrected chi connectivity index (χ1v) is 5.81. The van der Waals surface area contributed by atoms with E-state index >= 15 is 0 Å². The minimum Gasteiger partial charge on any atom is -0.469 e. The second-order valence-corrected chi connectivity index (χ2v) is 4.39. The number of hydrogen-bond acceptors (Lipinski definition) is 4. The lowest BCUT2D eigenvalue weighted by atomic mass is 9.94. The molecule has 0 radical (unpaired) electrons. The van der Waals surface area contributed by atoms with E-state index in [1.165, 1.54) is 7.11 Å². The summed E-state index contributed by atoms with van der Waals surface area (Å²) in [6.07, 6.45) is 0.718. The van der Waals surface area contributed by atoms with Gasteiger partial charge in [-0.1, -0.05) is 6.92 Å². The first-order valence-electron chi connectivity index (χ1n) is 5.81. The Labute approximate surface area is 103 Å². The summed E-state index contributed by atoms with van der Waals surface area (Å²) in [6.45, 7) is 3.88. The van der Waals surface area contributed by atoms with E-state index in [0.29, 0.717) is 0 Å². The zero-order valence-electron chi connectivity index (χ0n) is 11.2. The van der Waals surface area contributed by atoms with Crippen LogP contribution in [0.25, 0.3) is 0 Å². The van der Waals surface area contributed by atoms with E-state index in [4.69, 9.17) is 9.15 Å². The number of rotatable bonds is 5. The van der Waals surface area contributed by atoms with Gasteiger partial charge in [-0.25, -0.2) is 0 Å². The molecule has 1 aromatic rings. The van der Waals surface area contributed by atoms with Crippen LogP contribution in [0.15, 0.2) is 16.5 Å². The van der Waals surface area contributed by atoms with Gasteiger partial charge in [-0.2, -0.15) is 0 Å². The average Bonchev–Trinajstić information content (AvgIpc) is 2.70. The van der Waals surface area contributed by atoms with Crippen molar-refractivity contribution in [1.29, 1.82) is 0 Å². The lowest BCUT2D eigenvalue weighted by Gasteiger charge is -2.28. The molecule has 1 heterocycles. The summed E-state index contributed by atoms with van der Waals surface area (Å²) in [5.74, 6) is 1.26. The van der Waals surface area contributed by atoms with Gasteiger partial charge in [0.2, 0.25) is 0 Å². The molecule has 0 aromatic carbocycles. The third-order valence-electron chi connectivity index (χ3n) is 2.93. The molecule has 0 aliphatic carbocycles. The molecule has 0 N–H and O–H groups in total. The molecule has 0 fully saturated rings. The first kappa shape index (κ1) is 13.8. The number of carbonyl (C=O) groups is 1. The fourth-order valence-corrected chi connectivity index (χ4v) is 2.10. The van der Waals surface area contributed by atoms with Crippen molar-refractivity contribution in [2.75, 3.05) is 21.2 Å². The average molecular weight is 239 g/mol. The van der Waals surface area contributed by atoms with Crippen LogP contribution in [-0.4, -0.2) is 32.1 Å². The molecule has 2 unspecified atom stereocenters. The highest BCUT2D eigenvalue weighted by Gasteiger charge is 2.32. The van der Waals surface area contributed by atoms with Gasteiger partial charge in [-0.05, 0) is 39.6 Å². The Bertz CT molecular complexity index is 370. The quantitative estimate of drug-likeness (QED) is 0.740. The number of methoxy groups -OCH3 is 1. The molecule has 1 aromatic heterocycles. The maximum atomic E-state index is 11.8. The second-order valence-electron chi connectivity index (χ2n) is 4.39. The van der Waals surface area contributed by atoms with Crippen molar-refractivity contribution in [2.24, 2.45) is 5.92 Å². The van der Waals surface area contributed by atoms with Crippen molar-refractivity contribution >= 4 is 5.97 Å². The van der Waals surface area contributed by atoms with Crippen molar-refractivity contribution in [1.82, 2.24) is 4.90 Å². The zero-order chi connectivity index (χ0) is 13.0. The topological polar surface area (TPSA) is 42.7 Å². The smallest absolute Gasteiger partial charge is 0.310 e. The molecule has 1 rings (SSSR count). The van der Waals surface area contributed by atoms with E-state index in [1.807, 2.05) is 45.0 Å². The van der Waals surface area contributed by atoms with E-state index < -0.39 is 0 Å². The lowest BCUT2D eigenvalue weighted by Crippen LogP contribution is -2.32. The summed E-state index contributed by atoms with van der Waals surface area (Å²) < 4.78 is 10.5. The van der Waals surface area contributed by atoms with Crippen LogP contribution in [0.1, 0.15) is 30.9 Å². The lowest BCUT2D eigenvalue weighted by molar-refractivity contribution is -0.148. The molecular formula is C13H21NO3. The fourth-order valence-electron chi connectivity index (χ4n) is 2.10. The van der Waals surface area contributed by atoms with Gasteiger partial charge < -0.3 is 9.15 Å². The largest absolute Gasteiger partial charge is 0.469 e. The molecular weight excluding hydrogens is 218 g/mol. The molecule has 0 saturated heterocycles. The van der Waals surface area contributed by atoms with Crippen molar-refractivity contribution in [3.8, 4) is 0 Å². The Kier molecular flexibility index (Phi) is 4.75. The van der Waals surface area contributed by atoms with Gasteiger partial charge >= 0.3 is 5.97 Å². The van der Waals surface area contributed by atoms with Crippen LogP contribution < -0.4 is 0 Å². The minimum atomic E-state index is -0.208. The number of esters is 1. The highest BCUT2D eigenvalue weighted by molar-refractivity contribution is 5.73. The van der Waals surface area contributed by atoms with E-state index in [2.05, 4.69) is 0 Å². The van der Waals surface area contributed by atoms with Gasteiger partial charge in [0.25, 0.3) is 0 Å². The standard InChI is InChI=1S/C13H21NO3/c1-6-10(13(15)16-5)12(14(3)4)11-8-7-9(2)17-11/h7-8,10,12H,6H2,1-5H3. The SMILES string of the molecule is CCC(C(=O)OC)C(c1ccc(C)o1)N(C)C. The van der Waals surface area contributed by atoms with Crippen LogP contribution in [0.4, 0.5) is 0 Å². The summed E-state index contributed by atoms with van der Waals surface area (Å²) in [5.41, 5.74) is 0. The second kappa shape index (κ2) is 5.87. The van der Waals surface area contributed by atoms with Crippen LogP contribution >= 0.6 is 0 Å². The van der Waals surface area contributed by atoms with Crippen LogP contribution in [0.5, 0.6) is 0 Å². The van der Waals surface area contributed by atoms with Crippen molar-refractivity contribution in [3.63, 3.8) is 0 Å². The van der Waals surface area contributed by atoms with Gasteiger partial charge in [0, 0.05) is 0 Å². The van der Waals surface area contributed by atoms with E-state index in [9.17, 15) is 4.79 Å². The molecule has 0 saturated carbocycles. The predicted octanol–water partition coefficient (Wildman–Crippen LogP) is 2.39. The number of furan rings is 1. The van der Waals surface area contributed by atoms with E-state index in [-0.39, 0.29) is 17.9 Å². The van der Waals surface area contributed by atoms with Gasteiger partial charge in [0.1, 0.15) is 11.5 Å². The molecule has 4 heteroatoms. The number of ether oxygens (including phenoxy) is 1. The van der Waals surface area contributed by atoms with E-state index in [1.54, 1.807) is 0 Å². The third kappa shape index (κ3) is 3.09. The molecule has 0 spiro atoms. The van der Waals surface area contributed by atoms with Gasteiger partial charge in [0.05, 0.1) is 19.1 Å². The van der Waals surface area contributed by atoms with Crippen LogP contribution in [-0.2, 0) is 9.53 Å². The highest BCUT2D eigenvalue weighted by atomic mass is 16.5. The van der Waals surface area contributed by atoms with Gasteiger partial charge in [-0.3, -0.25) is 9.69 Å². The number of hydrogen-bond donors (Lipinski definition) is 0. The fraction of sp³-hybridized carbons (Fsp3) is 0.615. The Morgan fingerprint density at radius 3 is 2.47 bits per heavy atom. The monoisotopic (exact) mass is 239 g/mol. The summed E-state index contributed by atoms with van der Waals surface area (Å²) in [5, 5.41) is 0. The number of carbonyl (C=O) groups excluding carboxylic acids is 1. The van der Waals surface area contributed by atoms with Crippen molar-refractivity contribution in [3.05, 3.63) is 23.7 Å². The highest BCUT2D eigenvalue weighted by Crippen LogP contribution is 2.31. The van der Waals surface area contributed by atoms with Crippen LogP contribution in [0.2, 0.25) is 0 Å². The summed E-state index contributed by atoms with van der Waals surface area (Å²) in [4.78, 5) is 13.8. The maximum Gasteiger partial charge on any atom is 0.310 e. The van der Waals surface area contributed by atoms with Gasteiger partial charge in [-0.15, -0.1) is 0 Å². The maximum absolute atomic E-state index is 11.8. The third-order valence-corrected chi connectivity index (χ3v) is 2.93. The predicted molar refractivity (Wildman–Crippen MR) is 65.7 cm³/mol. The van der Waals surface area contributed by atoms with Crippen LogP contribution in [0.3, 0.4) is 0 Å². The summed E-state index contributed by atoms with van der Waals surface area (Å²) in [6, 6.07) is 3.75. The Balaban J connectivity index is 3.03. The first-order chi connectivity index (χ1) is 8.01. The molecule has 2 atom stereocenters. The normalized spacial score (nSPS) is 14.7. The number of nitrogens with zero attached hydrogens (tertiary/aromatic N) is 1. The molecule has 0 bridgehead atoms.